The third kappa shape index (κ3) is 7.74. The number of aliphatic hydroxyl groups is 2. The number of ether oxygens (including phenoxy) is 1. The van der Waals surface area contributed by atoms with Crippen molar-refractivity contribution in [1.82, 2.24) is 4.98 Å². The topological polar surface area (TPSA) is 96.7 Å². The molecule has 0 bridgehead atoms. The number of aromatic nitrogens is 1. The molecule has 190 valence electrons. The summed E-state index contributed by atoms with van der Waals surface area (Å²) < 4.78 is 5.68. The second-order valence-electron chi connectivity index (χ2n) is 10.0. The smallest absolute Gasteiger partial charge is 0.309 e. The summed E-state index contributed by atoms with van der Waals surface area (Å²) in [5, 5.41) is 24.7. The Bertz CT molecular complexity index is 922. The minimum absolute atomic E-state index is 0.0655. The highest BCUT2D eigenvalue weighted by Gasteiger charge is 2.42. The number of thiazole rings is 1. The van der Waals surface area contributed by atoms with Crippen LogP contribution in [0.3, 0.4) is 0 Å². The van der Waals surface area contributed by atoms with E-state index >= 15 is 0 Å². The van der Waals surface area contributed by atoms with Gasteiger partial charge in [-0.15, -0.1) is 11.3 Å². The maximum Gasteiger partial charge on any atom is 0.309 e. The van der Waals surface area contributed by atoms with Gasteiger partial charge in [0.1, 0.15) is 11.9 Å². The Balaban J connectivity index is 2.33. The Hall–Kier alpha value is -1.54. The molecule has 0 fully saturated rings. The van der Waals surface area contributed by atoms with Crippen LogP contribution >= 0.6 is 22.9 Å². The van der Waals surface area contributed by atoms with E-state index in [0.717, 1.165) is 29.8 Å². The Morgan fingerprint density at radius 3 is 2.56 bits per heavy atom. The van der Waals surface area contributed by atoms with Gasteiger partial charge in [-0.05, 0) is 45.1 Å². The molecule has 2 N–H and O–H groups in total. The predicted octanol–water partition coefficient (Wildman–Crippen LogP) is 5.44. The highest BCUT2D eigenvalue weighted by molar-refractivity contribution is 7.09. The van der Waals surface area contributed by atoms with Crippen LogP contribution in [0.1, 0.15) is 77.4 Å². The maximum atomic E-state index is 13.1. The van der Waals surface area contributed by atoms with Crippen molar-refractivity contribution in [2.45, 2.75) is 92.0 Å². The Labute approximate surface area is 212 Å². The number of carbonyl (C=O) groups excluding carboxylic acids is 2. The zero-order chi connectivity index (χ0) is 25.6. The third-order valence-electron chi connectivity index (χ3n) is 6.75. The molecule has 2 heterocycles. The number of Topliss-reactive ketones (excluding diaryl/α,β-unsaturated/α-hetero) is 1. The molecule has 1 aromatic heterocycles. The average Bonchev–Trinajstić information content (AvgIpc) is 3.18. The first-order valence-corrected chi connectivity index (χ1v) is 13.1. The summed E-state index contributed by atoms with van der Waals surface area (Å²) in [6, 6.07) is 0. The Kier molecular flexibility index (Phi) is 10.5. The number of ketones is 1. The van der Waals surface area contributed by atoms with Crippen LogP contribution in [0.25, 0.3) is 6.08 Å². The fourth-order valence-corrected chi connectivity index (χ4v) is 5.02. The molecule has 5 atom stereocenters. The van der Waals surface area contributed by atoms with Gasteiger partial charge >= 0.3 is 5.97 Å². The molecule has 6 nitrogen and oxygen atoms in total. The normalized spacial score (nSPS) is 32.1. The van der Waals surface area contributed by atoms with Crippen molar-refractivity contribution in [3.63, 3.8) is 0 Å². The van der Waals surface area contributed by atoms with Crippen molar-refractivity contribution in [1.29, 1.82) is 0 Å². The van der Waals surface area contributed by atoms with E-state index in [-0.39, 0.29) is 18.1 Å². The third-order valence-corrected chi connectivity index (χ3v) is 7.90. The quantitative estimate of drug-likeness (QED) is 0.405. The first kappa shape index (κ1) is 28.7. The van der Waals surface area contributed by atoms with Crippen molar-refractivity contribution in [3.05, 3.63) is 32.8 Å². The molecule has 1 aliphatic heterocycles. The summed E-state index contributed by atoms with van der Waals surface area (Å²) in [4.78, 5) is 30.3. The van der Waals surface area contributed by atoms with Gasteiger partial charge in [-0.25, -0.2) is 4.98 Å². The standard InChI is InChI=1S/C26H38ClNO5S/c1-15-8-7-9-16(2)24(31)17(3)25(32)26(5,6)22(29)13-23(30)33-21(11-10-15)20(27)12-19-14-34-18(4)28-19/h10,12,14,16-17,21-22,24,29,31H,7-9,11,13H2,1-6H3/b15-10-,20-12?/t16-,17+,21-,22-,24-/m0/s1. The largest absolute Gasteiger partial charge is 0.456 e. The second kappa shape index (κ2) is 12.4. The highest BCUT2D eigenvalue weighted by atomic mass is 35.5. The molecular weight excluding hydrogens is 474 g/mol. The van der Waals surface area contributed by atoms with E-state index in [1.807, 2.05) is 32.2 Å². The van der Waals surface area contributed by atoms with E-state index < -0.39 is 35.6 Å². The van der Waals surface area contributed by atoms with Gasteiger partial charge < -0.3 is 14.9 Å². The van der Waals surface area contributed by atoms with Gasteiger partial charge in [0, 0.05) is 17.7 Å². The van der Waals surface area contributed by atoms with Gasteiger partial charge in [0.2, 0.25) is 0 Å². The number of halogens is 1. The summed E-state index contributed by atoms with van der Waals surface area (Å²) in [5.41, 5.74) is 0.610. The van der Waals surface area contributed by atoms with Crippen LogP contribution in [0, 0.1) is 24.2 Å². The number of cyclic esters (lactones) is 1. The zero-order valence-corrected chi connectivity index (χ0v) is 22.6. The van der Waals surface area contributed by atoms with Crippen LogP contribution in [0.4, 0.5) is 0 Å². The first-order chi connectivity index (χ1) is 15.8. The molecule has 0 spiro atoms. The lowest BCUT2D eigenvalue weighted by molar-refractivity contribution is -0.153. The van der Waals surface area contributed by atoms with Crippen molar-refractivity contribution in [2.24, 2.45) is 17.3 Å². The van der Waals surface area contributed by atoms with E-state index in [1.54, 1.807) is 26.8 Å². The summed E-state index contributed by atoms with van der Waals surface area (Å²) in [5.74, 6) is -1.64. The summed E-state index contributed by atoms with van der Waals surface area (Å²) in [6.45, 7) is 10.8. The molecule has 0 aromatic carbocycles. The fourth-order valence-electron chi connectivity index (χ4n) is 4.20. The Morgan fingerprint density at radius 2 is 1.94 bits per heavy atom. The van der Waals surface area contributed by atoms with Crippen LogP contribution in [-0.2, 0) is 14.3 Å². The molecule has 8 heteroatoms. The average molecular weight is 512 g/mol. The predicted molar refractivity (Wildman–Crippen MR) is 137 cm³/mol. The lowest BCUT2D eigenvalue weighted by atomic mass is 9.73. The van der Waals surface area contributed by atoms with Crippen LogP contribution < -0.4 is 0 Å². The number of aliphatic hydroxyl groups excluding tert-OH is 2. The van der Waals surface area contributed by atoms with Crippen molar-refractivity contribution < 1.29 is 24.5 Å². The summed E-state index contributed by atoms with van der Waals surface area (Å²) in [6.07, 6.45) is 3.42. The number of aryl methyl sites for hydroxylation is 1. The molecule has 2 rings (SSSR count). The minimum Gasteiger partial charge on any atom is -0.456 e. The van der Waals surface area contributed by atoms with E-state index in [2.05, 4.69) is 4.98 Å². The van der Waals surface area contributed by atoms with E-state index in [1.165, 1.54) is 11.3 Å². The van der Waals surface area contributed by atoms with Crippen LogP contribution in [0.2, 0.25) is 0 Å². The number of esters is 1. The molecule has 0 aliphatic carbocycles. The zero-order valence-electron chi connectivity index (χ0n) is 21.0. The monoisotopic (exact) mass is 511 g/mol. The number of nitrogens with zero attached hydrogens (tertiary/aromatic N) is 1. The van der Waals surface area contributed by atoms with Crippen molar-refractivity contribution in [2.75, 3.05) is 0 Å². The van der Waals surface area contributed by atoms with Gasteiger partial charge in [0.25, 0.3) is 0 Å². The van der Waals surface area contributed by atoms with Gasteiger partial charge in [-0.3, -0.25) is 9.59 Å². The van der Waals surface area contributed by atoms with Crippen molar-refractivity contribution in [3.8, 4) is 0 Å². The van der Waals surface area contributed by atoms with Gasteiger partial charge in [0.05, 0.1) is 39.8 Å². The van der Waals surface area contributed by atoms with Crippen LogP contribution in [0.15, 0.2) is 22.1 Å². The maximum absolute atomic E-state index is 13.1. The van der Waals surface area contributed by atoms with E-state index in [0.29, 0.717) is 17.1 Å². The second-order valence-corrected chi connectivity index (χ2v) is 11.5. The number of carbonyl (C=O) groups is 2. The molecule has 34 heavy (non-hydrogen) atoms. The van der Waals surface area contributed by atoms with Gasteiger partial charge in [0.15, 0.2) is 0 Å². The number of rotatable bonds is 2. The first-order valence-electron chi connectivity index (χ1n) is 11.9. The molecule has 1 aromatic rings. The van der Waals surface area contributed by atoms with Gasteiger partial charge in [-0.2, -0.15) is 0 Å². The molecule has 0 saturated carbocycles. The molecule has 0 radical (unpaired) electrons. The van der Waals surface area contributed by atoms with Gasteiger partial charge in [-0.1, -0.05) is 50.9 Å². The van der Waals surface area contributed by atoms with Crippen LogP contribution in [0.5, 0.6) is 0 Å². The molecule has 0 amide bonds. The van der Waals surface area contributed by atoms with Crippen molar-refractivity contribution >= 4 is 40.8 Å². The van der Waals surface area contributed by atoms with E-state index in [4.69, 9.17) is 16.3 Å². The SMILES string of the molecule is C/C1=C/C[C@@H](C(Cl)=Cc2csc(C)n2)OC(=O)C[C@H](O)C(C)(C)C(=O)[C@H](C)[C@@H](O)[C@@H](C)CCC1. The minimum atomic E-state index is -1.26. The summed E-state index contributed by atoms with van der Waals surface area (Å²) >= 11 is 8.06. The summed E-state index contributed by atoms with van der Waals surface area (Å²) in [7, 11) is 0. The van der Waals surface area contributed by atoms with E-state index in [9.17, 15) is 19.8 Å². The Morgan fingerprint density at radius 1 is 1.26 bits per heavy atom. The molecule has 0 unspecified atom stereocenters. The number of hydrogen-bond donors (Lipinski definition) is 2. The molecular formula is C26H38ClNO5S. The molecule has 1 aliphatic rings. The van der Waals surface area contributed by atoms with Crippen LogP contribution in [-0.4, -0.2) is 45.3 Å². The number of hydrogen-bond acceptors (Lipinski definition) is 7. The highest BCUT2D eigenvalue weighted by Crippen LogP contribution is 2.32. The lowest BCUT2D eigenvalue weighted by Crippen LogP contribution is -2.45. The number of allylic oxidation sites excluding steroid dienone is 1. The molecule has 0 saturated heterocycles. The fraction of sp³-hybridized carbons (Fsp3) is 0.654. The lowest BCUT2D eigenvalue weighted by Gasteiger charge is -2.34.